The van der Waals surface area contributed by atoms with Crippen LogP contribution in [0.25, 0.3) is 0 Å². The van der Waals surface area contributed by atoms with E-state index in [1.165, 1.54) is 12.4 Å². The molecular weight excluding hydrogens is 525 g/mol. The van der Waals surface area contributed by atoms with E-state index in [0.29, 0.717) is 18.4 Å². The van der Waals surface area contributed by atoms with Crippen LogP contribution in [-0.2, 0) is 14.3 Å². The van der Waals surface area contributed by atoms with E-state index < -0.39 is 30.1 Å². The lowest BCUT2D eigenvalue weighted by Gasteiger charge is -2.31. The minimum absolute atomic E-state index is 0.0561. The molecule has 0 unspecified atom stereocenters. The molecule has 204 valence electrons. The highest BCUT2D eigenvalue weighted by molar-refractivity contribution is 5.73. The number of hydrogen-bond donors (Lipinski definition) is 2. The van der Waals surface area contributed by atoms with Gasteiger partial charge in [-0.3, -0.25) is 0 Å². The van der Waals surface area contributed by atoms with Gasteiger partial charge in [-0.05, 0) is 18.9 Å². The Morgan fingerprint density at radius 1 is 1.00 bits per heavy atom. The van der Waals surface area contributed by atoms with Crippen molar-refractivity contribution < 1.29 is 60.0 Å². The molecule has 2 N–H and O–H groups in total. The Morgan fingerprint density at radius 3 is 2.05 bits per heavy atom. The summed E-state index contributed by atoms with van der Waals surface area (Å²) in [4.78, 5) is 32.3. The zero-order chi connectivity index (χ0) is 27.8. The first-order valence-electron chi connectivity index (χ1n) is 10.2. The first-order valence-corrected chi connectivity index (χ1v) is 10.2. The Labute approximate surface area is 203 Å². The lowest BCUT2D eigenvalue weighted by Crippen LogP contribution is -2.43. The van der Waals surface area contributed by atoms with E-state index in [1.54, 1.807) is 6.20 Å². The number of nitrogens with zero attached hydrogens (tertiary/aromatic N) is 4. The first kappa shape index (κ1) is 29.5. The van der Waals surface area contributed by atoms with E-state index in [9.17, 15) is 30.7 Å². The van der Waals surface area contributed by atoms with Crippen molar-refractivity contribution in [2.45, 2.75) is 43.4 Å². The Hall–Kier alpha value is -3.76. The molecular formula is C20H19F7N4O6. The molecule has 2 saturated heterocycles. The van der Waals surface area contributed by atoms with Crippen LogP contribution < -0.4 is 9.64 Å². The molecule has 4 rings (SSSR count). The van der Waals surface area contributed by atoms with Gasteiger partial charge in [0, 0.05) is 18.9 Å². The number of carboxylic acid groups (broad SMARTS) is 2. The Morgan fingerprint density at radius 2 is 1.57 bits per heavy atom. The maximum absolute atomic E-state index is 13.1. The molecule has 2 aromatic rings. The van der Waals surface area contributed by atoms with E-state index in [-0.39, 0.29) is 18.2 Å². The van der Waals surface area contributed by atoms with Crippen molar-refractivity contribution in [1.29, 1.82) is 0 Å². The molecule has 37 heavy (non-hydrogen) atoms. The third-order valence-electron chi connectivity index (χ3n) is 4.74. The van der Waals surface area contributed by atoms with Crippen LogP contribution in [0, 0.1) is 5.82 Å². The largest absolute Gasteiger partial charge is 0.490 e. The van der Waals surface area contributed by atoms with E-state index in [4.69, 9.17) is 29.3 Å². The van der Waals surface area contributed by atoms with Gasteiger partial charge in [0.1, 0.15) is 12.2 Å². The summed E-state index contributed by atoms with van der Waals surface area (Å²) in [5, 5.41) is 14.2. The van der Waals surface area contributed by atoms with Crippen molar-refractivity contribution in [3.05, 3.63) is 42.6 Å². The molecule has 0 bridgehead atoms. The predicted octanol–water partition coefficient (Wildman–Crippen LogP) is 3.09. The maximum atomic E-state index is 13.1. The van der Waals surface area contributed by atoms with Gasteiger partial charge in [-0.15, -0.1) is 0 Å². The molecule has 2 fully saturated rings. The maximum Gasteiger partial charge on any atom is 0.490 e. The van der Waals surface area contributed by atoms with Gasteiger partial charge in [-0.1, -0.05) is 6.07 Å². The zero-order valence-electron chi connectivity index (χ0n) is 18.5. The molecule has 0 amide bonds. The summed E-state index contributed by atoms with van der Waals surface area (Å²) < 4.78 is 88.5. The van der Waals surface area contributed by atoms with Gasteiger partial charge < -0.3 is 24.6 Å². The van der Waals surface area contributed by atoms with Crippen molar-refractivity contribution in [1.82, 2.24) is 15.0 Å². The summed E-state index contributed by atoms with van der Waals surface area (Å²) in [6, 6.07) is 5.70. The van der Waals surface area contributed by atoms with E-state index >= 15 is 0 Å². The molecule has 0 radical (unpaired) electrons. The summed E-state index contributed by atoms with van der Waals surface area (Å²) >= 11 is 0. The van der Waals surface area contributed by atoms with Gasteiger partial charge in [0.15, 0.2) is 5.82 Å². The third kappa shape index (κ3) is 9.00. The lowest BCUT2D eigenvalue weighted by molar-refractivity contribution is -0.193. The van der Waals surface area contributed by atoms with E-state index in [0.717, 1.165) is 19.4 Å². The average molecular weight is 544 g/mol. The van der Waals surface area contributed by atoms with Crippen LogP contribution >= 0.6 is 0 Å². The number of halogens is 7. The van der Waals surface area contributed by atoms with Crippen molar-refractivity contribution >= 4 is 17.9 Å². The summed E-state index contributed by atoms with van der Waals surface area (Å²) in [7, 11) is 0. The topological polar surface area (TPSA) is 135 Å². The summed E-state index contributed by atoms with van der Waals surface area (Å²) in [5.41, 5.74) is 0. The smallest absolute Gasteiger partial charge is 0.475 e. The number of pyridine rings is 1. The second kappa shape index (κ2) is 12.5. The van der Waals surface area contributed by atoms with E-state index in [2.05, 4.69) is 19.9 Å². The second-order valence-corrected chi connectivity index (χ2v) is 7.33. The fourth-order valence-electron chi connectivity index (χ4n) is 3.27. The summed E-state index contributed by atoms with van der Waals surface area (Å²) in [6.07, 6.45) is -4.34. The minimum Gasteiger partial charge on any atom is -0.475 e. The number of rotatable bonds is 3. The molecule has 0 aromatic carbocycles. The van der Waals surface area contributed by atoms with Crippen molar-refractivity contribution in [2.75, 3.05) is 18.1 Å². The number of ether oxygens (including phenoxy) is 2. The molecule has 2 aliphatic rings. The van der Waals surface area contributed by atoms with Crippen LogP contribution in [0.1, 0.15) is 12.8 Å². The number of aliphatic carboxylic acids is 2. The molecule has 0 saturated carbocycles. The van der Waals surface area contributed by atoms with Crippen LogP contribution in [-0.4, -0.2) is 80.9 Å². The number of fused-ring (bicyclic) bond motifs is 1. The lowest BCUT2D eigenvalue weighted by atomic mass is 10.0. The highest BCUT2D eigenvalue weighted by atomic mass is 19.4. The molecule has 0 spiro atoms. The first-order chi connectivity index (χ1) is 17.2. The highest BCUT2D eigenvalue weighted by Crippen LogP contribution is 2.33. The standard InChI is InChI=1S/C16H17FN4O2.2C2HF3O2/c17-11-8-19-16(20-9-11)21-10-13(15-12(21)4-3-7-22-15)23-14-5-1-2-6-18-14;2*3-2(4,5)1(6)7/h1-2,5-6,8-9,12-13,15H,3-4,7,10H2;2*(H,6,7)/t12-,13-,15+;;/m1../s1. The number of aromatic nitrogens is 3. The molecule has 4 heterocycles. The highest BCUT2D eigenvalue weighted by Gasteiger charge is 2.46. The zero-order valence-corrected chi connectivity index (χ0v) is 18.5. The van der Waals surface area contributed by atoms with Crippen LogP contribution in [0.4, 0.5) is 36.7 Å². The fourth-order valence-corrected chi connectivity index (χ4v) is 3.27. The SMILES string of the molecule is Fc1cnc(N2C[C@@H](Oc3ccccn3)[C@H]3OCCC[C@H]32)nc1.O=C(O)C(F)(F)F.O=C(O)C(F)(F)F. The Bertz CT molecular complexity index is 1000. The number of alkyl halides is 6. The normalized spacial score (nSPS) is 20.9. The Kier molecular flexibility index (Phi) is 9.93. The number of hydrogen-bond acceptors (Lipinski definition) is 8. The van der Waals surface area contributed by atoms with E-state index in [1.807, 2.05) is 18.2 Å². The minimum atomic E-state index is -5.08. The van der Waals surface area contributed by atoms with Crippen molar-refractivity contribution in [2.24, 2.45) is 0 Å². The number of anilines is 1. The second-order valence-electron chi connectivity index (χ2n) is 7.33. The molecule has 0 aliphatic carbocycles. The van der Waals surface area contributed by atoms with Gasteiger partial charge >= 0.3 is 24.3 Å². The summed E-state index contributed by atoms with van der Waals surface area (Å²) in [5.74, 6) is -4.86. The third-order valence-corrected chi connectivity index (χ3v) is 4.74. The van der Waals surface area contributed by atoms with Crippen molar-refractivity contribution in [3.63, 3.8) is 0 Å². The number of carbonyl (C=O) groups is 2. The summed E-state index contributed by atoms with van der Waals surface area (Å²) in [6.45, 7) is 1.32. The van der Waals surface area contributed by atoms with Crippen LogP contribution in [0.5, 0.6) is 5.88 Å². The quantitative estimate of drug-likeness (QED) is 0.555. The molecule has 3 atom stereocenters. The van der Waals surface area contributed by atoms with Gasteiger partial charge in [0.2, 0.25) is 11.8 Å². The molecule has 2 aromatic heterocycles. The Balaban J connectivity index is 0.000000286. The monoisotopic (exact) mass is 544 g/mol. The average Bonchev–Trinajstić information content (AvgIpc) is 3.18. The van der Waals surface area contributed by atoms with Crippen LogP contribution in [0.15, 0.2) is 36.8 Å². The number of carboxylic acids is 2. The molecule has 10 nitrogen and oxygen atoms in total. The predicted molar refractivity (Wildman–Crippen MR) is 108 cm³/mol. The van der Waals surface area contributed by atoms with Crippen molar-refractivity contribution in [3.8, 4) is 5.88 Å². The van der Waals surface area contributed by atoms with Gasteiger partial charge in [0.25, 0.3) is 0 Å². The van der Waals surface area contributed by atoms with Gasteiger partial charge in [-0.25, -0.2) is 28.9 Å². The molecule has 2 aliphatic heterocycles. The van der Waals surface area contributed by atoms with Crippen LogP contribution in [0.3, 0.4) is 0 Å². The fraction of sp³-hybridized carbons (Fsp3) is 0.450. The van der Waals surface area contributed by atoms with Crippen LogP contribution in [0.2, 0.25) is 0 Å². The van der Waals surface area contributed by atoms with Gasteiger partial charge in [0.05, 0.1) is 25.0 Å². The van der Waals surface area contributed by atoms with Gasteiger partial charge in [-0.2, -0.15) is 26.3 Å². The molecule has 17 heteroatoms.